The second-order valence-electron chi connectivity index (χ2n) is 9.22. The SMILES string of the molecule is CC(=O)c1cc(-c2ccccc2)n(CC(=O)N2CCC(N(C)CC3CCCO3)CC2)c1C. The topological polar surface area (TPSA) is 54.8 Å². The first-order chi connectivity index (χ1) is 15.4. The molecule has 1 aromatic carbocycles. The molecule has 0 N–H and O–H groups in total. The lowest BCUT2D eigenvalue weighted by atomic mass is 10.0. The molecule has 0 spiro atoms. The van der Waals surface area contributed by atoms with E-state index in [1.807, 2.05) is 52.8 Å². The smallest absolute Gasteiger partial charge is 0.242 e. The van der Waals surface area contributed by atoms with Gasteiger partial charge in [0.2, 0.25) is 5.91 Å². The summed E-state index contributed by atoms with van der Waals surface area (Å²) in [5, 5.41) is 0. The summed E-state index contributed by atoms with van der Waals surface area (Å²) in [5.41, 5.74) is 3.49. The Labute approximate surface area is 191 Å². The zero-order chi connectivity index (χ0) is 22.7. The normalized spacial score (nSPS) is 19.6. The predicted molar refractivity (Wildman–Crippen MR) is 126 cm³/mol. The van der Waals surface area contributed by atoms with Crippen LogP contribution in [0.3, 0.4) is 0 Å². The molecule has 2 fully saturated rings. The Morgan fingerprint density at radius 3 is 2.47 bits per heavy atom. The molecule has 2 aliphatic heterocycles. The average Bonchev–Trinajstić information content (AvgIpc) is 3.42. The van der Waals surface area contributed by atoms with E-state index < -0.39 is 0 Å². The van der Waals surface area contributed by atoms with Crippen LogP contribution in [0.2, 0.25) is 0 Å². The van der Waals surface area contributed by atoms with Gasteiger partial charge in [0.15, 0.2) is 5.78 Å². The number of hydrogen-bond acceptors (Lipinski definition) is 4. The summed E-state index contributed by atoms with van der Waals surface area (Å²) >= 11 is 0. The largest absolute Gasteiger partial charge is 0.377 e. The third kappa shape index (κ3) is 4.97. The molecule has 4 rings (SSSR count). The Kier molecular flexibility index (Phi) is 7.11. The van der Waals surface area contributed by atoms with E-state index in [1.54, 1.807) is 6.92 Å². The van der Waals surface area contributed by atoms with Gasteiger partial charge in [-0.25, -0.2) is 0 Å². The van der Waals surface area contributed by atoms with Gasteiger partial charge in [-0.3, -0.25) is 9.59 Å². The number of carbonyl (C=O) groups excluding carboxylic acids is 2. The van der Waals surface area contributed by atoms with Crippen LogP contribution in [0.4, 0.5) is 0 Å². The summed E-state index contributed by atoms with van der Waals surface area (Å²) in [6.07, 6.45) is 4.67. The highest BCUT2D eigenvalue weighted by atomic mass is 16.5. The molecule has 6 heteroatoms. The van der Waals surface area contributed by atoms with Gasteiger partial charge >= 0.3 is 0 Å². The van der Waals surface area contributed by atoms with Crippen molar-refractivity contribution in [3.05, 3.63) is 47.7 Å². The van der Waals surface area contributed by atoms with Crippen molar-refractivity contribution in [2.24, 2.45) is 0 Å². The van der Waals surface area contributed by atoms with Crippen LogP contribution in [-0.4, -0.2) is 71.5 Å². The highest BCUT2D eigenvalue weighted by Crippen LogP contribution is 2.27. The first kappa shape index (κ1) is 22.7. The van der Waals surface area contributed by atoms with E-state index >= 15 is 0 Å². The minimum absolute atomic E-state index is 0.0287. The van der Waals surface area contributed by atoms with Gasteiger partial charge in [0, 0.05) is 49.2 Å². The standard InChI is InChI=1S/C26H35N3O3/c1-19-24(20(2)30)16-25(21-8-5-4-6-9-21)29(19)18-26(31)28-13-11-22(12-14-28)27(3)17-23-10-7-15-32-23/h4-6,8-9,16,22-23H,7,10-15,17-18H2,1-3H3. The number of nitrogens with zero attached hydrogens (tertiary/aromatic N) is 3. The fourth-order valence-corrected chi connectivity index (χ4v) is 5.10. The molecular formula is C26H35N3O3. The number of ketones is 1. The Hall–Kier alpha value is -2.44. The molecule has 1 aromatic heterocycles. The highest BCUT2D eigenvalue weighted by Gasteiger charge is 2.28. The number of aromatic nitrogens is 1. The number of Topliss-reactive ketones (excluding diaryl/α,β-unsaturated/α-hetero) is 1. The minimum atomic E-state index is 0.0287. The van der Waals surface area contributed by atoms with Gasteiger partial charge in [0.05, 0.1) is 6.10 Å². The maximum absolute atomic E-state index is 13.2. The molecule has 0 aliphatic carbocycles. The van der Waals surface area contributed by atoms with Crippen molar-refractivity contribution in [1.82, 2.24) is 14.4 Å². The Balaban J connectivity index is 1.41. The van der Waals surface area contributed by atoms with E-state index in [0.29, 0.717) is 17.7 Å². The van der Waals surface area contributed by atoms with Gasteiger partial charge in [-0.2, -0.15) is 0 Å². The van der Waals surface area contributed by atoms with Crippen LogP contribution in [0.25, 0.3) is 11.3 Å². The molecule has 1 unspecified atom stereocenters. The van der Waals surface area contributed by atoms with E-state index in [-0.39, 0.29) is 18.2 Å². The number of amides is 1. The van der Waals surface area contributed by atoms with Crippen LogP contribution in [0.15, 0.2) is 36.4 Å². The number of ether oxygens (including phenoxy) is 1. The van der Waals surface area contributed by atoms with Crippen LogP contribution in [0.1, 0.15) is 48.7 Å². The number of likely N-dealkylation sites (N-methyl/N-ethyl adjacent to an activating group) is 1. The van der Waals surface area contributed by atoms with Crippen molar-refractivity contribution < 1.29 is 14.3 Å². The fourth-order valence-electron chi connectivity index (χ4n) is 5.10. The van der Waals surface area contributed by atoms with Gasteiger partial charge in [0.1, 0.15) is 6.54 Å². The zero-order valence-electron chi connectivity index (χ0n) is 19.5. The fraction of sp³-hybridized carbons (Fsp3) is 0.538. The van der Waals surface area contributed by atoms with Crippen molar-refractivity contribution in [1.29, 1.82) is 0 Å². The van der Waals surface area contributed by atoms with Crippen molar-refractivity contribution in [2.45, 2.75) is 58.2 Å². The molecule has 0 radical (unpaired) electrons. The number of likely N-dealkylation sites (tertiary alicyclic amines) is 1. The zero-order valence-corrected chi connectivity index (χ0v) is 19.5. The van der Waals surface area contributed by atoms with E-state index in [2.05, 4.69) is 11.9 Å². The van der Waals surface area contributed by atoms with Crippen LogP contribution < -0.4 is 0 Å². The third-order valence-electron chi connectivity index (χ3n) is 7.06. The second-order valence-corrected chi connectivity index (χ2v) is 9.22. The van der Waals surface area contributed by atoms with Gasteiger partial charge < -0.3 is 19.1 Å². The highest BCUT2D eigenvalue weighted by molar-refractivity contribution is 5.97. The number of benzene rings is 1. The average molecular weight is 438 g/mol. The first-order valence-corrected chi connectivity index (χ1v) is 11.8. The van der Waals surface area contributed by atoms with E-state index in [0.717, 1.165) is 62.5 Å². The van der Waals surface area contributed by atoms with Crippen LogP contribution >= 0.6 is 0 Å². The molecule has 0 bridgehead atoms. The van der Waals surface area contributed by atoms with Crippen LogP contribution in [0.5, 0.6) is 0 Å². The lowest BCUT2D eigenvalue weighted by Crippen LogP contribution is -2.47. The van der Waals surface area contributed by atoms with E-state index in [1.165, 1.54) is 6.42 Å². The quantitative estimate of drug-likeness (QED) is 0.619. The summed E-state index contributed by atoms with van der Waals surface area (Å²) in [6.45, 7) is 7.21. The molecule has 6 nitrogen and oxygen atoms in total. The van der Waals surface area contributed by atoms with Gasteiger partial charge in [-0.05, 0) is 58.2 Å². The number of carbonyl (C=O) groups is 2. The van der Waals surface area contributed by atoms with E-state index in [4.69, 9.17) is 4.74 Å². The number of rotatable bonds is 7. The summed E-state index contributed by atoms with van der Waals surface area (Å²) < 4.78 is 7.79. The van der Waals surface area contributed by atoms with Crippen molar-refractivity contribution in [3.63, 3.8) is 0 Å². The molecule has 3 heterocycles. The Morgan fingerprint density at radius 2 is 1.84 bits per heavy atom. The first-order valence-electron chi connectivity index (χ1n) is 11.8. The third-order valence-corrected chi connectivity index (χ3v) is 7.06. The van der Waals surface area contributed by atoms with Crippen LogP contribution in [-0.2, 0) is 16.1 Å². The van der Waals surface area contributed by atoms with Crippen molar-refractivity contribution in [3.8, 4) is 11.3 Å². The Morgan fingerprint density at radius 1 is 1.12 bits per heavy atom. The van der Waals surface area contributed by atoms with Crippen molar-refractivity contribution in [2.75, 3.05) is 33.3 Å². The van der Waals surface area contributed by atoms with Crippen LogP contribution in [0, 0.1) is 6.92 Å². The summed E-state index contributed by atoms with van der Waals surface area (Å²) in [4.78, 5) is 29.8. The monoisotopic (exact) mass is 437 g/mol. The van der Waals surface area contributed by atoms with Gasteiger partial charge in [-0.15, -0.1) is 0 Å². The van der Waals surface area contributed by atoms with Crippen molar-refractivity contribution >= 4 is 11.7 Å². The number of hydrogen-bond donors (Lipinski definition) is 0. The van der Waals surface area contributed by atoms with E-state index in [9.17, 15) is 9.59 Å². The molecular weight excluding hydrogens is 402 g/mol. The Bertz CT molecular complexity index is 939. The molecule has 0 saturated carbocycles. The molecule has 1 amide bonds. The van der Waals surface area contributed by atoms with Gasteiger partial charge in [-0.1, -0.05) is 30.3 Å². The predicted octanol–water partition coefficient (Wildman–Crippen LogP) is 3.77. The molecule has 172 valence electrons. The molecule has 1 atom stereocenters. The maximum atomic E-state index is 13.2. The minimum Gasteiger partial charge on any atom is -0.377 e. The molecule has 2 aliphatic rings. The second kappa shape index (κ2) is 10.0. The maximum Gasteiger partial charge on any atom is 0.242 e. The lowest BCUT2D eigenvalue weighted by molar-refractivity contribution is -0.133. The molecule has 2 saturated heterocycles. The summed E-state index contributed by atoms with van der Waals surface area (Å²) in [6, 6.07) is 12.4. The van der Waals surface area contributed by atoms with Gasteiger partial charge in [0.25, 0.3) is 0 Å². The lowest BCUT2D eigenvalue weighted by Gasteiger charge is -2.37. The summed E-state index contributed by atoms with van der Waals surface area (Å²) in [7, 11) is 2.18. The number of piperidine rings is 1. The molecule has 32 heavy (non-hydrogen) atoms. The summed E-state index contributed by atoms with van der Waals surface area (Å²) in [5.74, 6) is 0.150. The molecule has 2 aromatic rings.